The van der Waals surface area contributed by atoms with E-state index in [1.54, 1.807) is 4.57 Å². The zero-order valence-corrected chi connectivity index (χ0v) is 18.6. The Labute approximate surface area is 187 Å². The summed E-state index contributed by atoms with van der Waals surface area (Å²) in [5.74, 6) is -0.0599. The summed E-state index contributed by atoms with van der Waals surface area (Å²) in [6.07, 6.45) is 2.55. The van der Waals surface area contributed by atoms with Crippen LogP contribution in [0.4, 0.5) is 5.69 Å². The maximum Gasteiger partial charge on any atom is 0.275 e. The number of hydrogen-bond donors (Lipinski definition) is 0. The molecule has 3 aromatic rings. The zero-order valence-electron chi connectivity index (χ0n) is 18.6. The van der Waals surface area contributed by atoms with Crippen LogP contribution in [0.3, 0.4) is 0 Å². The number of rotatable bonds is 5. The lowest BCUT2D eigenvalue weighted by Gasteiger charge is -2.30. The second-order valence-corrected chi connectivity index (χ2v) is 8.76. The highest BCUT2D eigenvalue weighted by molar-refractivity contribution is 6.03. The van der Waals surface area contributed by atoms with Crippen molar-refractivity contribution in [3.05, 3.63) is 69.8 Å². The van der Waals surface area contributed by atoms with Crippen LogP contribution in [0.1, 0.15) is 41.5 Å². The molecule has 4 heterocycles. The van der Waals surface area contributed by atoms with Crippen LogP contribution in [0.2, 0.25) is 0 Å². The third-order valence-corrected chi connectivity index (χ3v) is 6.33. The first kappa shape index (κ1) is 20.7. The molecule has 2 aromatic heterocycles. The monoisotopic (exact) mass is 432 g/mol. The van der Waals surface area contributed by atoms with Gasteiger partial charge in [0, 0.05) is 61.5 Å². The number of carbonyl (C=O) groups is 1. The Hall–Kier alpha value is -3.19. The molecule has 1 saturated heterocycles. The Bertz CT molecular complexity index is 1230. The number of ether oxygens (including phenoxy) is 1. The topological polar surface area (TPSA) is 67.7 Å². The molecule has 5 rings (SSSR count). The van der Waals surface area contributed by atoms with Crippen molar-refractivity contribution in [2.75, 3.05) is 37.7 Å². The minimum Gasteiger partial charge on any atom is -0.378 e. The lowest BCUT2D eigenvalue weighted by atomic mass is 10.1. The van der Waals surface area contributed by atoms with Gasteiger partial charge in [0.2, 0.25) is 0 Å². The Morgan fingerprint density at radius 1 is 1.06 bits per heavy atom. The highest BCUT2D eigenvalue weighted by Gasteiger charge is 2.35. The molecule has 1 fully saturated rings. The van der Waals surface area contributed by atoms with Gasteiger partial charge in [0.25, 0.3) is 11.5 Å². The predicted molar refractivity (Wildman–Crippen MR) is 124 cm³/mol. The van der Waals surface area contributed by atoms with Crippen LogP contribution in [0.25, 0.3) is 10.9 Å². The van der Waals surface area contributed by atoms with Gasteiger partial charge in [-0.3, -0.25) is 14.6 Å². The molecular formula is C25H28N4O3. The number of nitrogens with zero attached hydrogens (tertiary/aromatic N) is 4. The van der Waals surface area contributed by atoms with Gasteiger partial charge in [0.1, 0.15) is 5.69 Å². The molecule has 7 heteroatoms. The van der Waals surface area contributed by atoms with E-state index in [4.69, 9.17) is 9.72 Å². The second kappa shape index (κ2) is 8.39. The van der Waals surface area contributed by atoms with Crippen molar-refractivity contribution in [2.45, 2.75) is 32.9 Å². The van der Waals surface area contributed by atoms with Gasteiger partial charge in [-0.2, -0.15) is 0 Å². The number of amides is 1. The third kappa shape index (κ3) is 3.66. The largest absolute Gasteiger partial charge is 0.378 e. The van der Waals surface area contributed by atoms with Gasteiger partial charge >= 0.3 is 0 Å². The average molecular weight is 433 g/mol. The lowest BCUT2D eigenvalue weighted by Crippen LogP contribution is -2.42. The molecule has 0 unspecified atom stereocenters. The Morgan fingerprint density at radius 3 is 2.62 bits per heavy atom. The minimum atomic E-state index is -0.0907. The van der Waals surface area contributed by atoms with E-state index >= 15 is 0 Å². The molecule has 7 nitrogen and oxygen atoms in total. The molecule has 0 radical (unpaired) electrons. The van der Waals surface area contributed by atoms with E-state index in [0.717, 1.165) is 22.2 Å². The highest BCUT2D eigenvalue weighted by Crippen LogP contribution is 2.30. The van der Waals surface area contributed by atoms with Gasteiger partial charge in [0.05, 0.1) is 24.3 Å². The maximum atomic E-state index is 13.4. The third-order valence-electron chi connectivity index (χ3n) is 6.33. The number of benzene rings is 1. The van der Waals surface area contributed by atoms with E-state index in [2.05, 4.69) is 6.07 Å². The standard InChI is InChI=1S/C25H28N4O3/c1-17(2)29-16-19-15-28(10-9-20-8-7-18-5-3-4-6-21(18)26-20)24(30)22(19)23(25(29)31)27-11-13-32-14-12-27/h3-8,16-17H,9-15H2,1-2H3. The summed E-state index contributed by atoms with van der Waals surface area (Å²) < 4.78 is 7.23. The normalized spacial score (nSPS) is 16.3. The smallest absolute Gasteiger partial charge is 0.275 e. The molecule has 0 spiro atoms. The van der Waals surface area contributed by atoms with Crippen LogP contribution in [0.15, 0.2) is 47.4 Å². The summed E-state index contributed by atoms with van der Waals surface area (Å²) in [6, 6.07) is 12.2. The van der Waals surface area contributed by atoms with Crippen molar-refractivity contribution in [3.63, 3.8) is 0 Å². The number of fused-ring (bicyclic) bond motifs is 2. The summed E-state index contributed by atoms with van der Waals surface area (Å²) in [5.41, 5.74) is 3.87. The van der Waals surface area contributed by atoms with E-state index in [-0.39, 0.29) is 17.5 Å². The van der Waals surface area contributed by atoms with Crippen LogP contribution in [0, 0.1) is 0 Å². The quantitative estimate of drug-likeness (QED) is 0.620. The van der Waals surface area contributed by atoms with E-state index in [9.17, 15) is 9.59 Å². The molecule has 32 heavy (non-hydrogen) atoms. The van der Waals surface area contributed by atoms with Crippen molar-refractivity contribution in [1.29, 1.82) is 0 Å². The minimum absolute atomic E-state index is 0.0264. The van der Waals surface area contributed by atoms with Crippen molar-refractivity contribution in [3.8, 4) is 0 Å². The number of aromatic nitrogens is 2. The molecule has 0 atom stereocenters. The van der Waals surface area contributed by atoms with Crippen LogP contribution in [0.5, 0.6) is 0 Å². The summed E-state index contributed by atoms with van der Waals surface area (Å²) in [6.45, 7) is 7.46. The average Bonchev–Trinajstić information content (AvgIpc) is 3.12. The van der Waals surface area contributed by atoms with E-state index < -0.39 is 0 Å². The highest BCUT2D eigenvalue weighted by atomic mass is 16.5. The summed E-state index contributed by atoms with van der Waals surface area (Å²) >= 11 is 0. The summed E-state index contributed by atoms with van der Waals surface area (Å²) in [5, 5.41) is 1.11. The van der Waals surface area contributed by atoms with Gasteiger partial charge in [0.15, 0.2) is 0 Å². The fourth-order valence-electron chi connectivity index (χ4n) is 4.61. The van der Waals surface area contributed by atoms with Crippen LogP contribution in [-0.4, -0.2) is 53.2 Å². The van der Waals surface area contributed by atoms with Gasteiger partial charge in [-0.1, -0.05) is 24.3 Å². The second-order valence-electron chi connectivity index (χ2n) is 8.76. The summed E-state index contributed by atoms with van der Waals surface area (Å²) in [7, 11) is 0. The number of para-hydroxylation sites is 1. The Balaban J connectivity index is 1.43. The molecule has 0 bridgehead atoms. The number of carbonyl (C=O) groups excluding carboxylic acids is 1. The van der Waals surface area contributed by atoms with Crippen molar-refractivity contribution >= 4 is 22.5 Å². The summed E-state index contributed by atoms with van der Waals surface area (Å²) in [4.78, 5) is 35.4. The Morgan fingerprint density at radius 2 is 1.84 bits per heavy atom. The fraction of sp³-hybridized carbons (Fsp3) is 0.400. The van der Waals surface area contributed by atoms with Crippen molar-refractivity contribution in [1.82, 2.24) is 14.5 Å². The van der Waals surface area contributed by atoms with Gasteiger partial charge in [-0.05, 0) is 26.0 Å². The fourth-order valence-corrected chi connectivity index (χ4v) is 4.61. The van der Waals surface area contributed by atoms with Crippen LogP contribution in [-0.2, 0) is 17.7 Å². The van der Waals surface area contributed by atoms with Crippen LogP contribution < -0.4 is 10.5 Å². The number of morpholine rings is 1. The van der Waals surface area contributed by atoms with E-state index in [1.807, 2.05) is 60.2 Å². The number of anilines is 1. The molecule has 0 saturated carbocycles. The van der Waals surface area contributed by atoms with Crippen molar-refractivity contribution in [2.24, 2.45) is 0 Å². The van der Waals surface area contributed by atoms with Crippen molar-refractivity contribution < 1.29 is 9.53 Å². The molecule has 1 amide bonds. The Kier molecular flexibility index (Phi) is 5.43. The van der Waals surface area contributed by atoms with E-state index in [1.165, 1.54) is 0 Å². The number of hydrogen-bond acceptors (Lipinski definition) is 5. The van der Waals surface area contributed by atoms with Gasteiger partial charge in [-0.15, -0.1) is 0 Å². The first-order chi connectivity index (χ1) is 15.5. The number of pyridine rings is 2. The molecule has 2 aliphatic heterocycles. The van der Waals surface area contributed by atoms with Gasteiger partial charge < -0.3 is 19.1 Å². The maximum absolute atomic E-state index is 13.4. The molecule has 0 aliphatic carbocycles. The SMILES string of the molecule is CC(C)n1cc2c(c(N3CCOCC3)c1=O)C(=O)N(CCc1ccc3ccccc3n1)C2. The lowest BCUT2D eigenvalue weighted by molar-refractivity contribution is 0.0779. The first-order valence-electron chi connectivity index (χ1n) is 11.3. The molecule has 1 aromatic carbocycles. The molecule has 2 aliphatic rings. The predicted octanol–water partition coefficient (Wildman–Crippen LogP) is 3.01. The molecule has 0 N–H and O–H groups in total. The molecular weight excluding hydrogens is 404 g/mol. The van der Waals surface area contributed by atoms with Gasteiger partial charge in [-0.25, -0.2) is 0 Å². The first-order valence-corrected chi connectivity index (χ1v) is 11.3. The molecule has 166 valence electrons. The zero-order chi connectivity index (χ0) is 22.2. The van der Waals surface area contributed by atoms with E-state index in [0.29, 0.717) is 57.1 Å². The van der Waals surface area contributed by atoms with Crippen LogP contribution >= 0.6 is 0 Å².